The summed E-state index contributed by atoms with van der Waals surface area (Å²) in [4.78, 5) is 17.5. The topological polar surface area (TPSA) is 66.0 Å². The van der Waals surface area contributed by atoms with Crippen molar-refractivity contribution in [2.75, 3.05) is 0 Å². The minimum absolute atomic E-state index is 0.163. The number of aromatic amines is 1. The second-order valence-electron chi connectivity index (χ2n) is 3.15. The molecule has 0 aliphatic carbocycles. The Bertz CT molecular complexity index is 462. The molecule has 0 aliphatic rings. The van der Waals surface area contributed by atoms with E-state index < -0.39 is 5.97 Å². The molecule has 0 bridgehead atoms. The molecular formula is C10H10N2O2. The van der Waals surface area contributed by atoms with Crippen LogP contribution >= 0.6 is 0 Å². The lowest BCUT2D eigenvalue weighted by molar-refractivity contribution is -0.136. The summed E-state index contributed by atoms with van der Waals surface area (Å²) in [5.41, 5.74) is 2.86. The smallest absolute Gasteiger partial charge is 0.303 e. The molecule has 0 radical (unpaired) electrons. The van der Waals surface area contributed by atoms with Crippen LogP contribution in [0.15, 0.2) is 24.5 Å². The van der Waals surface area contributed by atoms with Gasteiger partial charge in [0.05, 0.1) is 17.4 Å². The average molecular weight is 190 g/mol. The Balaban J connectivity index is 2.21. The molecule has 1 heterocycles. The van der Waals surface area contributed by atoms with Crippen molar-refractivity contribution in [1.82, 2.24) is 9.97 Å². The highest BCUT2D eigenvalue weighted by atomic mass is 16.4. The van der Waals surface area contributed by atoms with Gasteiger partial charge in [-0.2, -0.15) is 0 Å². The zero-order chi connectivity index (χ0) is 9.97. The summed E-state index contributed by atoms with van der Waals surface area (Å²) in [7, 11) is 0. The first-order chi connectivity index (χ1) is 6.75. The zero-order valence-corrected chi connectivity index (χ0v) is 7.53. The third kappa shape index (κ3) is 1.74. The molecule has 0 unspecified atom stereocenters. The first kappa shape index (κ1) is 8.74. The molecule has 4 heteroatoms. The highest BCUT2D eigenvalue weighted by Gasteiger charge is 2.01. The summed E-state index contributed by atoms with van der Waals surface area (Å²) in [5.74, 6) is -0.771. The molecule has 2 N–H and O–H groups in total. The van der Waals surface area contributed by atoms with Crippen molar-refractivity contribution in [3.05, 3.63) is 30.1 Å². The number of benzene rings is 1. The summed E-state index contributed by atoms with van der Waals surface area (Å²) in [6, 6.07) is 5.75. The van der Waals surface area contributed by atoms with Crippen molar-refractivity contribution in [2.45, 2.75) is 12.8 Å². The van der Waals surface area contributed by atoms with Crippen LogP contribution in [0.5, 0.6) is 0 Å². The fourth-order valence-corrected chi connectivity index (χ4v) is 1.38. The molecule has 1 aromatic carbocycles. The zero-order valence-electron chi connectivity index (χ0n) is 7.53. The second kappa shape index (κ2) is 3.49. The lowest BCUT2D eigenvalue weighted by Gasteiger charge is -1.97. The third-order valence-corrected chi connectivity index (χ3v) is 2.11. The lowest BCUT2D eigenvalue weighted by Crippen LogP contribution is -1.97. The Hall–Kier alpha value is -1.84. The van der Waals surface area contributed by atoms with Gasteiger partial charge in [0.25, 0.3) is 0 Å². The van der Waals surface area contributed by atoms with E-state index in [0.29, 0.717) is 6.42 Å². The molecule has 0 atom stereocenters. The summed E-state index contributed by atoms with van der Waals surface area (Å²) < 4.78 is 0. The highest BCUT2D eigenvalue weighted by Crippen LogP contribution is 2.12. The van der Waals surface area contributed by atoms with Crippen molar-refractivity contribution >= 4 is 17.0 Å². The summed E-state index contributed by atoms with van der Waals surface area (Å²) in [6.45, 7) is 0. The first-order valence-corrected chi connectivity index (χ1v) is 4.39. The van der Waals surface area contributed by atoms with Crippen molar-refractivity contribution in [1.29, 1.82) is 0 Å². The van der Waals surface area contributed by atoms with E-state index in [-0.39, 0.29) is 6.42 Å². The van der Waals surface area contributed by atoms with Gasteiger partial charge in [-0.3, -0.25) is 4.79 Å². The number of hydrogen-bond acceptors (Lipinski definition) is 2. The van der Waals surface area contributed by atoms with Gasteiger partial charge in [0.2, 0.25) is 0 Å². The van der Waals surface area contributed by atoms with Crippen LogP contribution in [-0.4, -0.2) is 21.0 Å². The van der Waals surface area contributed by atoms with Crippen LogP contribution in [-0.2, 0) is 11.2 Å². The maximum Gasteiger partial charge on any atom is 0.303 e. The van der Waals surface area contributed by atoms with Gasteiger partial charge < -0.3 is 10.1 Å². The van der Waals surface area contributed by atoms with Crippen molar-refractivity contribution in [2.24, 2.45) is 0 Å². The molecule has 2 rings (SSSR count). The molecule has 0 spiro atoms. The molecule has 4 nitrogen and oxygen atoms in total. The monoisotopic (exact) mass is 190 g/mol. The molecule has 0 saturated carbocycles. The number of aromatic nitrogens is 2. The van der Waals surface area contributed by atoms with E-state index in [9.17, 15) is 4.79 Å². The maximum absolute atomic E-state index is 10.4. The summed E-state index contributed by atoms with van der Waals surface area (Å²) >= 11 is 0. The number of nitrogens with one attached hydrogen (secondary N) is 1. The number of aryl methyl sites for hydroxylation is 1. The minimum Gasteiger partial charge on any atom is -0.481 e. The van der Waals surface area contributed by atoms with Gasteiger partial charge in [-0.05, 0) is 24.1 Å². The molecule has 72 valence electrons. The van der Waals surface area contributed by atoms with E-state index in [0.717, 1.165) is 16.6 Å². The number of H-pyrrole nitrogens is 1. The lowest BCUT2D eigenvalue weighted by atomic mass is 10.1. The number of carbonyl (C=O) groups is 1. The van der Waals surface area contributed by atoms with E-state index in [1.807, 2.05) is 18.2 Å². The van der Waals surface area contributed by atoms with E-state index >= 15 is 0 Å². The Kier molecular flexibility index (Phi) is 2.18. The quantitative estimate of drug-likeness (QED) is 0.772. The predicted molar refractivity (Wildman–Crippen MR) is 52.1 cm³/mol. The number of carboxylic acids is 1. The number of carboxylic acid groups (broad SMARTS) is 1. The maximum atomic E-state index is 10.4. The number of rotatable bonds is 3. The van der Waals surface area contributed by atoms with Crippen molar-refractivity contribution in [3.8, 4) is 0 Å². The molecule has 0 saturated heterocycles. The van der Waals surface area contributed by atoms with Crippen molar-refractivity contribution in [3.63, 3.8) is 0 Å². The Morgan fingerprint density at radius 2 is 2.36 bits per heavy atom. The first-order valence-electron chi connectivity index (χ1n) is 4.39. The molecule has 0 amide bonds. The summed E-state index contributed by atoms with van der Waals surface area (Å²) in [6.07, 6.45) is 2.35. The van der Waals surface area contributed by atoms with Crippen LogP contribution < -0.4 is 0 Å². The predicted octanol–water partition coefficient (Wildman–Crippen LogP) is 1.58. The van der Waals surface area contributed by atoms with Crippen LogP contribution in [0.2, 0.25) is 0 Å². The Morgan fingerprint density at radius 3 is 3.14 bits per heavy atom. The van der Waals surface area contributed by atoms with Gasteiger partial charge in [-0.1, -0.05) is 6.07 Å². The average Bonchev–Trinajstić information content (AvgIpc) is 2.61. The van der Waals surface area contributed by atoms with E-state index in [4.69, 9.17) is 5.11 Å². The SMILES string of the molecule is O=C(O)CCc1ccc2[nH]cnc2c1. The molecule has 2 aromatic rings. The largest absolute Gasteiger partial charge is 0.481 e. The Labute approximate surface area is 80.6 Å². The third-order valence-electron chi connectivity index (χ3n) is 2.11. The fraction of sp³-hybridized carbons (Fsp3) is 0.200. The number of hydrogen-bond donors (Lipinski definition) is 2. The number of fused-ring (bicyclic) bond motifs is 1. The van der Waals surface area contributed by atoms with Crippen LogP contribution in [0.4, 0.5) is 0 Å². The van der Waals surface area contributed by atoms with E-state index in [1.54, 1.807) is 6.33 Å². The normalized spacial score (nSPS) is 10.6. The standard InChI is InChI=1S/C10H10N2O2/c13-10(14)4-2-7-1-3-8-9(5-7)12-6-11-8/h1,3,5-6H,2,4H2,(H,11,12)(H,13,14). The fourth-order valence-electron chi connectivity index (χ4n) is 1.38. The summed E-state index contributed by atoms with van der Waals surface area (Å²) in [5, 5.41) is 8.53. The van der Waals surface area contributed by atoms with Gasteiger partial charge in [0, 0.05) is 6.42 Å². The van der Waals surface area contributed by atoms with Gasteiger partial charge in [0.15, 0.2) is 0 Å². The van der Waals surface area contributed by atoms with Gasteiger partial charge in [-0.15, -0.1) is 0 Å². The van der Waals surface area contributed by atoms with Crippen LogP contribution in [0.1, 0.15) is 12.0 Å². The Morgan fingerprint density at radius 1 is 1.50 bits per heavy atom. The van der Waals surface area contributed by atoms with E-state index in [1.165, 1.54) is 0 Å². The number of aliphatic carboxylic acids is 1. The molecule has 14 heavy (non-hydrogen) atoms. The second-order valence-corrected chi connectivity index (χ2v) is 3.15. The van der Waals surface area contributed by atoms with Gasteiger partial charge in [-0.25, -0.2) is 4.98 Å². The minimum atomic E-state index is -0.771. The van der Waals surface area contributed by atoms with Gasteiger partial charge in [0.1, 0.15) is 0 Å². The molecule has 1 aromatic heterocycles. The highest BCUT2D eigenvalue weighted by molar-refractivity contribution is 5.75. The number of nitrogens with zero attached hydrogens (tertiary/aromatic N) is 1. The van der Waals surface area contributed by atoms with Crippen LogP contribution in [0.3, 0.4) is 0 Å². The molecule has 0 fully saturated rings. The van der Waals surface area contributed by atoms with Gasteiger partial charge >= 0.3 is 5.97 Å². The number of imidazole rings is 1. The van der Waals surface area contributed by atoms with Crippen molar-refractivity contribution < 1.29 is 9.90 Å². The van der Waals surface area contributed by atoms with E-state index in [2.05, 4.69) is 9.97 Å². The molecule has 0 aliphatic heterocycles. The van der Waals surface area contributed by atoms with Crippen LogP contribution in [0, 0.1) is 0 Å². The van der Waals surface area contributed by atoms with Crippen LogP contribution in [0.25, 0.3) is 11.0 Å². The molecular weight excluding hydrogens is 180 g/mol.